The number of ketones is 1. The van der Waals surface area contributed by atoms with Gasteiger partial charge in [0.05, 0.1) is 17.3 Å². The Morgan fingerprint density at radius 3 is 2.63 bits per heavy atom. The smallest absolute Gasteiger partial charge is 0.252 e. The highest BCUT2D eigenvalue weighted by Crippen LogP contribution is 2.30. The Morgan fingerprint density at radius 2 is 1.86 bits per heavy atom. The van der Waals surface area contributed by atoms with Crippen molar-refractivity contribution in [1.29, 1.82) is 0 Å². The third-order valence-corrected chi connectivity index (χ3v) is 5.89. The molecule has 0 aliphatic rings. The summed E-state index contributed by atoms with van der Waals surface area (Å²) in [5.41, 5.74) is 7.07. The van der Waals surface area contributed by atoms with E-state index >= 15 is 0 Å². The molecule has 174 valence electrons. The average molecular weight is 486 g/mol. The summed E-state index contributed by atoms with van der Waals surface area (Å²) < 4.78 is 13.5. The maximum absolute atomic E-state index is 13.1. The Labute approximate surface area is 205 Å². The monoisotopic (exact) mass is 485 g/mol. The number of fused-ring (bicyclic) bond motifs is 2. The molecule has 0 unspecified atom stereocenters. The highest BCUT2D eigenvalue weighted by molar-refractivity contribution is 6.31. The van der Waals surface area contributed by atoms with Crippen molar-refractivity contribution in [1.82, 2.24) is 9.55 Å². The van der Waals surface area contributed by atoms with Crippen molar-refractivity contribution < 1.29 is 19.1 Å². The van der Waals surface area contributed by atoms with Crippen LogP contribution in [0.15, 0.2) is 79.3 Å². The number of pyridine rings is 1. The molecular formula is C27H20ClN3O4. The second kappa shape index (κ2) is 9.12. The third-order valence-electron chi connectivity index (χ3n) is 5.66. The van der Waals surface area contributed by atoms with Gasteiger partial charge in [0, 0.05) is 41.5 Å². The first-order valence-corrected chi connectivity index (χ1v) is 11.1. The van der Waals surface area contributed by atoms with Gasteiger partial charge < -0.3 is 19.8 Å². The molecule has 3 aromatic carbocycles. The maximum atomic E-state index is 13.1. The van der Waals surface area contributed by atoms with Gasteiger partial charge in [-0.1, -0.05) is 17.7 Å². The molecule has 0 aliphatic carbocycles. The van der Waals surface area contributed by atoms with E-state index in [9.17, 15) is 9.59 Å². The summed E-state index contributed by atoms with van der Waals surface area (Å²) in [5, 5.41) is 2.88. The van der Waals surface area contributed by atoms with Gasteiger partial charge in [0.25, 0.3) is 5.91 Å². The number of halogens is 1. The average Bonchev–Trinajstić information content (AvgIpc) is 3.18. The van der Waals surface area contributed by atoms with Crippen LogP contribution in [0.2, 0.25) is 5.02 Å². The molecule has 0 radical (unpaired) electrons. The molecule has 5 rings (SSSR count). The number of hydrogen-bond acceptors (Lipinski definition) is 5. The predicted octanol–water partition coefficient (Wildman–Crippen LogP) is 5.53. The zero-order chi connectivity index (χ0) is 24.5. The molecule has 0 bridgehead atoms. The predicted molar refractivity (Wildman–Crippen MR) is 135 cm³/mol. The number of amides is 1. The Bertz CT molecular complexity index is 1600. The van der Waals surface area contributed by atoms with Crippen LogP contribution in [0.3, 0.4) is 0 Å². The number of nitrogens with two attached hydrogens (primary N) is 1. The summed E-state index contributed by atoms with van der Waals surface area (Å²) in [6, 6.07) is 17.7. The van der Waals surface area contributed by atoms with Gasteiger partial charge in [-0.3, -0.25) is 14.6 Å². The molecule has 2 N–H and O–H groups in total. The lowest BCUT2D eigenvalue weighted by molar-refractivity contribution is 0.0913. The van der Waals surface area contributed by atoms with Crippen LogP contribution in [0, 0.1) is 0 Å². The van der Waals surface area contributed by atoms with E-state index in [4.69, 9.17) is 26.8 Å². The first kappa shape index (κ1) is 22.4. The molecule has 8 heteroatoms. The van der Waals surface area contributed by atoms with E-state index in [1.54, 1.807) is 55.0 Å². The summed E-state index contributed by atoms with van der Waals surface area (Å²) >= 11 is 6.06. The minimum atomic E-state index is -0.652. The van der Waals surface area contributed by atoms with Crippen molar-refractivity contribution in [2.24, 2.45) is 12.8 Å². The molecule has 5 aromatic rings. The van der Waals surface area contributed by atoms with Crippen LogP contribution in [-0.2, 0) is 7.05 Å². The molecule has 2 heterocycles. The van der Waals surface area contributed by atoms with E-state index in [0.29, 0.717) is 22.1 Å². The van der Waals surface area contributed by atoms with Crippen molar-refractivity contribution >= 4 is 45.0 Å². The lowest BCUT2D eigenvalue weighted by Crippen LogP contribution is -2.16. The van der Waals surface area contributed by atoms with Gasteiger partial charge in [0.2, 0.25) is 5.78 Å². The fourth-order valence-electron chi connectivity index (χ4n) is 3.97. The fourth-order valence-corrected chi connectivity index (χ4v) is 4.15. The van der Waals surface area contributed by atoms with Crippen LogP contribution in [0.5, 0.6) is 17.2 Å². The van der Waals surface area contributed by atoms with E-state index in [2.05, 4.69) is 4.98 Å². The number of nitrogens with zero attached hydrogens (tertiary/aromatic N) is 2. The zero-order valence-corrected chi connectivity index (χ0v) is 19.5. The second-order valence-electron chi connectivity index (χ2n) is 8.04. The number of Topliss-reactive ketones (excluding diaryl/α,β-unsaturated/α-hetero) is 1. The minimum absolute atomic E-state index is 0.183. The van der Waals surface area contributed by atoms with E-state index < -0.39 is 5.91 Å². The van der Waals surface area contributed by atoms with Gasteiger partial charge in [0.1, 0.15) is 17.2 Å². The lowest BCUT2D eigenvalue weighted by Gasteiger charge is -2.11. The molecule has 0 fully saturated rings. The van der Waals surface area contributed by atoms with Gasteiger partial charge in [-0.05, 0) is 59.3 Å². The van der Waals surface area contributed by atoms with Crippen LogP contribution >= 0.6 is 11.6 Å². The van der Waals surface area contributed by atoms with E-state index in [0.717, 1.165) is 21.7 Å². The first-order chi connectivity index (χ1) is 16.9. The van der Waals surface area contributed by atoms with Gasteiger partial charge in [-0.2, -0.15) is 0 Å². The molecular weight excluding hydrogens is 466 g/mol. The van der Waals surface area contributed by atoms with Gasteiger partial charge >= 0.3 is 0 Å². The lowest BCUT2D eigenvalue weighted by atomic mass is 10.1. The molecule has 0 aliphatic heterocycles. The van der Waals surface area contributed by atoms with Crippen LogP contribution in [0.4, 0.5) is 0 Å². The normalized spacial score (nSPS) is 11.0. The first-order valence-electron chi connectivity index (χ1n) is 10.7. The summed E-state index contributed by atoms with van der Waals surface area (Å²) in [6.45, 7) is -0.258. The molecule has 35 heavy (non-hydrogen) atoms. The molecule has 2 aromatic heterocycles. The topological polar surface area (TPSA) is 96.4 Å². The van der Waals surface area contributed by atoms with Crippen molar-refractivity contribution in [2.75, 3.05) is 6.61 Å². The van der Waals surface area contributed by atoms with Crippen LogP contribution < -0.4 is 15.2 Å². The number of aryl methyl sites for hydroxylation is 1. The zero-order valence-electron chi connectivity index (χ0n) is 18.7. The highest BCUT2D eigenvalue weighted by atomic mass is 35.5. The largest absolute Gasteiger partial charge is 0.485 e. The highest BCUT2D eigenvalue weighted by Gasteiger charge is 2.18. The second-order valence-corrected chi connectivity index (χ2v) is 8.48. The number of carbonyl (C=O) groups excluding carboxylic acids is 2. The number of aromatic nitrogens is 2. The third kappa shape index (κ3) is 4.54. The van der Waals surface area contributed by atoms with Gasteiger partial charge in [-0.15, -0.1) is 0 Å². The van der Waals surface area contributed by atoms with E-state index in [1.807, 2.05) is 35.9 Å². The van der Waals surface area contributed by atoms with E-state index in [1.165, 1.54) is 0 Å². The molecule has 0 spiro atoms. The minimum Gasteiger partial charge on any atom is -0.485 e. The Morgan fingerprint density at radius 1 is 1.00 bits per heavy atom. The van der Waals surface area contributed by atoms with Gasteiger partial charge in [0.15, 0.2) is 6.61 Å². The quantitative estimate of drug-likeness (QED) is 0.305. The maximum Gasteiger partial charge on any atom is 0.252 e. The van der Waals surface area contributed by atoms with Crippen molar-refractivity contribution in [3.05, 3.63) is 95.4 Å². The van der Waals surface area contributed by atoms with Gasteiger partial charge in [-0.25, -0.2) is 0 Å². The van der Waals surface area contributed by atoms with Crippen LogP contribution in [0.25, 0.3) is 21.7 Å². The number of ether oxygens (including phenoxy) is 2. The summed E-state index contributed by atoms with van der Waals surface area (Å²) in [6.07, 6.45) is 5.05. The van der Waals surface area contributed by atoms with Crippen LogP contribution in [-0.4, -0.2) is 27.8 Å². The number of carbonyl (C=O) groups is 2. The van der Waals surface area contributed by atoms with Crippen molar-refractivity contribution in [3.8, 4) is 17.2 Å². The number of benzene rings is 3. The standard InChI is InChI=1S/C27H20ClN3O4/c1-31-14-23(21-7-6-19(12-24(21)31)35-20-3-2-8-30-13-20)25(32)15-34-26-11-16-4-5-18(28)9-17(16)10-22(26)27(29)33/h2-14H,15H2,1H3,(H2,29,33). The summed E-state index contributed by atoms with van der Waals surface area (Å²) in [5.74, 6) is 0.606. The summed E-state index contributed by atoms with van der Waals surface area (Å²) in [4.78, 5) is 29.2. The van der Waals surface area contributed by atoms with Crippen LogP contribution in [0.1, 0.15) is 20.7 Å². The fraction of sp³-hybridized carbons (Fsp3) is 0.0741. The Kier molecular flexibility index (Phi) is 5.84. The Balaban J connectivity index is 1.40. The van der Waals surface area contributed by atoms with Crippen molar-refractivity contribution in [3.63, 3.8) is 0 Å². The number of rotatable bonds is 7. The SMILES string of the molecule is Cn1cc(C(=O)COc2cc3ccc(Cl)cc3cc2C(N)=O)c2ccc(Oc3cccnc3)cc21. The summed E-state index contributed by atoms with van der Waals surface area (Å²) in [7, 11) is 1.85. The number of primary amides is 1. The Hall–Kier alpha value is -4.36. The van der Waals surface area contributed by atoms with E-state index in [-0.39, 0.29) is 23.7 Å². The molecule has 0 saturated carbocycles. The molecule has 1 amide bonds. The van der Waals surface area contributed by atoms with Crippen molar-refractivity contribution in [2.45, 2.75) is 0 Å². The number of hydrogen-bond donors (Lipinski definition) is 1. The molecule has 7 nitrogen and oxygen atoms in total. The molecule has 0 atom stereocenters. The molecule has 0 saturated heterocycles.